The Morgan fingerprint density at radius 3 is 2.32 bits per heavy atom. The van der Waals surface area contributed by atoms with E-state index in [0.29, 0.717) is 25.3 Å². The fraction of sp³-hybridized carbons (Fsp3) is 0.882. The van der Waals surface area contributed by atoms with Crippen LogP contribution in [0.1, 0.15) is 64.2 Å². The molecule has 2 fully saturated rings. The van der Waals surface area contributed by atoms with E-state index in [2.05, 4.69) is 10.6 Å². The number of aliphatic hydroxyl groups is 1. The molecule has 2 saturated carbocycles. The zero-order valence-corrected chi connectivity index (χ0v) is 13.5. The number of aliphatic hydroxyl groups excluding tert-OH is 1. The van der Waals surface area contributed by atoms with Crippen molar-refractivity contribution in [3.63, 3.8) is 0 Å². The molecule has 5 heteroatoms. The third kappa shape index (κ3) is 5.59. The van der Waals surface area contributed by atoms with Gasteiger partial charge in [0.05, 0.1) is 0 Å². The third-order valence-electron chi connectivity index (χ3n) is 5.05. The molecule has 0 radical (unpaired) electrons. The molecule has 0 aliphatic heterocycles. The molecule has 0 aromatic heterocycles. The van der Waals surface area contributed by atoms with E-state index in [4.69, 9.17) is 5.11 Å². The van der Waals surface area contributed by atoms with Crippen LogP contribution < -0.4 is 10.6 Å². The van der Waals surface area contributed by atoms with Crippen LogP contribution in [0, 0.1) is 11.8 Å². The first kappa shape index (κ1) is 17.3. The predicted octanol–water partition coefficient (Wildman–Crippen LogP) is 1.74. The summed E-state index contributed by atoms with van der Waals surface area (Å²) in [7, 11) is 0. The summed E-state index contributed by atoms with van der Waals surface area (Å²) >= 11 is 0. The van der Waals surface area contributed by atoms with Crippen LogP contribution in [-0.4, -0.2) is 36.1 Å². The highest BCUT2D eigenvalue weighted by atomic mass is 16.3. The Kier molecular flexibility index (Phi) is 7.16. The second-order valence-electron chi connectivity index (χ2n) is 6.84. The smallest absolute Gasteiger partial charge is 0.223 e. The average molecular weight is 310 g/mol. The van der Waals surface area contributed by atoms with Crippen molar-refractivity contribution < 1.29 is 14.7 Å². The Morgan fingerprint density at radius 2 is 1.68 bits per heavy atom. The van der Waals surface area contributed by atoms with Gasteiger partial charge in [-0.15, -0.1) is 0 Å². The standard InChI is InChI=1S/C17H30N2O3/c20-11-3-10-18-17(22)14-6-8-15(9-7-14)19-16(21)12-13-4-1-2-5-13/h13-15,20H,1-12H2,(H,18,22)(H,19,21). The Balaban J connectivity index is 1.61. The number of carbonyl (C=O) groups is 2. The van der Waals surface area contributed by atoms with Gasteiger partial charge in [0.25, 0.3) is 0 Å². The van der Waals surface area contributed by atoms with Crippen LogP contribution in [0.15, 0.2) is 0 Å². The zero-order valence-electron chi connectivity index (χ0n) is 13.5. The molecule has 0 aromatic carbocycles. The van der Waals surface area contributed by atoms with Crippen molar-refractivity contribution in [3.8, 4) is 0 Å². The lowest BCUT2D eigenvalue weighted by atomic mass is 9.85. The van der Waals surface area contributed by atoms with Gasteiger partial charge < -0.3 is 15.7 Å². The Hall–Kier alpha value is -1.10. The maximum absolute atomic E-state index is 12.0. The number of hydrogen-bond acceptors (Lipinski definition) is 3. The van der Waals surface area contributed by atoms with Gasteiger partial charge in [-0.25, -0.2) is 0 Å². The molecule has 0 bridgehead atoms. The minimum absolute atomic E-state index is 0.0710. The summed E-state index contributed by atoms with van der Waals surface area (Å²) in [5, 5.41) is 14.7. The van der Waals surface area contributed by atoms with Crippen LogP contribution >= 0.6 is 0 Å². The van der Waals surface area contributed by atoms with Crippen LogP contribution in [0.25, 0.3) is 0 Å². The van der Waals surface area contributed by atoms with Gasteiger partial charge in [0.1, 0.15) is 0 Å². The normalized spacial score (nSPS) is 25.9. The maximum atomic E-state index is 12.0. The van der Waals surface area contributed by atoms with E-state index in [1.54, 1.807) is 0 Å². The topological polar surface area (TPSA) is 78.4 Å². The first-order valence-corrected chi connectivity index (χ1v) is 8.87. The lowest BCUT2D eigenvalue weighted by molar-refractivity contribution is -0.126. The Morgan fingerprint density at radius 1 is 1.00 bits per heavy atom. The van der Waals surface area contributed by atoms with Crippen molar-refractivity contribution in [1.82, 2.24) is 10.6 Å². The van der Waals surface area contributed by atoms with E-state index < -0.39 is 0 Å². The molecule has 0 aromatic rings. The van der Waals surface area contributed by atoms with Gasteiger partial charge in [-0.1, -0.05) is 12.8 Å². The summed E-state index contributed by atoms with van der Waals surface area (Å²) in [4.78, 5) is 24.0. The van der Waals surface area contributed by atoms with Gasteiger partial charge in [0.15, 0.2) is 0 Å². The molecule has 3 N–H and O–H groups in total. The summed E-state index contributed by atoms with van der Waals surface area (Å²) < 4.78 is 0. The molecule has 0 saturated heterocycles. The van der Waals surface area contributed by atoms with Gasteiger partial charge in [-0.3, -0.25) is 9.59 Å². The number of nitrogens with one attached hydrogen (secondary N) is 2. The van der Waals surface area contributed by atoms with Crippen molar-refractivity contribution in [2.45, 2.75) is 70.3 Å². The van der Waals surface area contributed by atoms with Crippen molar-refractivity contribution in [2.24, 2.45) is 11.8 Å². The third-order valence-corrected chi connectivity index (χ3v) is 5.05. The summed E-state index contributed by atoms with van der Waals surface area (Å²) in [5.74, 6) is 0.960. The van der Waals surface area contributed by atoms with Crippen molar-refractivity contribution in [1.29, 1.82) is 0 Å². The van der Waals surface area contributed by atoms with Crippen LogP contribution in [0.3, 0.4) is 0 Å². The number of rotatable bonds is 7. The minimum atomic E-state index is 0.0710. The van der Waals surface area contributed by atoms with E-state index >= 15 is 0 Å². The van der Waals surface area contributed by atoms with Gasteiger partial charge >= 0.3 is 0 Å². The SMILES string of the molecule is O=C(CC1CCCC1)NC1CCC(C(=O)NCCCO)CC1. The van der Waals surface area contributed by atoms with Crippen LogP contribution in [-0.2, 0) is 9.59 Å². The highest BCUT2D eigenvalue weighted by Crippen LogP contribution is 2.28. The number of amides is 2. The van der Waals surface area contributed by atoms with Crippen molar-refractivity contribution in [3.05, 3.63) is 0 Å². The maximum Gasteiger partial charge on any atom is 0.223 e. The fourth-order valence-corrected chi connectivity index (χ4v) is 3.70. The Labute approximate surface area is 133 Å². The fourth-order valence-electron chi connectivity index (χ4n) is 3.70. The lowest BCUT2D eigenvalue weighted by Gasteiger charge is -2.28. The monoisotopic (exact) mass is 310 g/mol. The van der Waals surface area contributed by atoms with Crippen LogP contribution in [0.4, 0.5) is 0 Å². The molecule has 0 heterocycles. The predicted molar refractivity (Wildman–Crippen MR) is 85.2 cm³/mol. The minimum Gasteiger partial charge on any atom is -0.396 e. The van der Waals surface area contributed by atoms with Crippen molar-refractivity contribution in [2.75, 3.05) is 13.2 Å². The van der Waals surface area contributed by atoms with Crippen molar-refractivity contribution >= 4 is 11.8 Å². The van der Waals surface area contributed by atoms with E-state index in [1.807, 2.05) is 0 Å². The average Bonchev–Trinajstić information content (AvgIpc) is 3.01. The summed E-state index contributed by atoms with van der Waals surface area (Å²) in [5.41, 5.74) is 0. The summed E-state index contributed by atoms with van der Waals surface area (Å²) in [6, 6.07) is 0.246. The molecule has 0 atom stereocenters. The quantitative estimate of drug-likeness (QED) is 0.627. The second-order valence-corrected chi connectivity index (χ2v) is 6.84. The van der Waals surface area contributed by atoms with E-state index in [0.717, 1.165) is 25.7 Å². The van der Waals surface area contributed by atoms with Gasteiger partial charge in [-0.05, 0) is 50.9 Å². The largest absolute Gasteiger partial charge is 0.396 e. The molecular formula is C17H30N2O3. The molecular weight excluding hydrogens is 280 g/mol. The van der Waals surface area contributed by atoms with Gasteiger partial charge in [0, 0.05) is 31.5 Å². The summed E-state index contributed by atoms with van der Waals surface area (Å²) in [6.45, 7) is 0.660. The van der Waals surface area contributed by atoms with Gasteiger partial charge in [-0.2, -0.15) is 0 Å². The van der Waals surface area contributed by atoms with E-state index in [9.17, 15) is 9.59 Å². The van der Waals surface area contributed by atoms with E-state index in [1.165, 1.54) is 25.7 Å². The first-order valence-electron chi connectivity index (χ1n) is 8.87. The highest BCUT2D eigenvalue weighted by Gasteiger charge is 2.27. The number of carbonyl (C=O) groups excluding carboxylic acids is 2. The highest BCUT2D eigenvalue weighted by molar-refractivity contribution is 5.79. The lowest BCUT2D eigenvalue weighted by Crippen LogP contribution is -2.41. The van der Waals surface area contributed by atoms with Crippen LogP contribution in [0.2, 0.25) is 0 Å². The molecule has 0 spiro atoms. The number of hydrogen-bond donors (Lipinski definition) is 3. The molecule has 2 aliphatic carbocycles. The first-order chi connectivity index (χ1) is 10.7. The molecule has 2 amide bonds. The summed E-state index contributed by atoms with van der Waals surface area (Å²) in [6.07, 6.45) is 9.73. The zero-order chi connectivity index (χ0) is 15.8. The molecule has 2 aliphatic rings. The Bertz CT molecular complexity index is 359. The molecule has 126 valence electrons. The van der Waals surface area contributed by atoms with E-state index in [-0.39, 0.29) is 30.4 Å². The molecule has 5 nitrogen and oxygen atoms in total. The molecule has 0 unspecified atom stereocenters. The second kappa shape index (κ2) is 9.13. The van der Waals surface area contributed by atoms with Crippen LogP contribution in [0.5, 0.6) is 0 Å². The van der Waals surface area contributed by atoms with Gasteiger partial charge in [0.2, 0.25) is 11.8 Å². The molecule has 2 rings (SSSR count). The molecule has 22 heavy (non-hydrogen) atoms.